The Hall–Kier alpha value is -4.98. The van der Waals surface area contributed by atoms with E-state index in [1.807, 2.05) is 54.6 Å². The van der Waals surface area contributed by atoms with Crippen LogP contribution < -0.4 is 10.6 Å². The number of aromatic nitrogens is 1. The highest BCUT2D eigenvalue weighted by Crippen LogP contribution is 2.40. The summed E-state index contributed by atoms with van der Waals surface area (Å²) in [6.07, 6.45) is 3.61. The Bertz CT molecular complexity index is 1450. The molecule has 3 N–H and O–H groups in total. The van der Waals surface area contributed by atoms with Crippen molar-refractivity contribution in [2.24, 2.45) is 0 Å². The van der Waals surface area contributed by atoms with Crippen LogP contribution in [0.25, 0.3) is 22.8 Å². The van der Waals surface area contributed by atoms with E-state index >= 15 is 0 Å². The zero-order valence-corrected chi connectivity index (χ0v) is 17.7. The monoisotopic (exact) mass is 450 g/mol. The van der Waals surface area contributed by atoms with Crippen molar-refractivity contribution in [3.05, 3.63) is 112 Å². The molecule has 3 aromatic carbocycles. The van der Waals surface area contributed by atoms with Crippen molar-refractivity contribution in [1.82, 2.24) is 4.98 Å². The smallest absolute Gasteiger partial charge is 0.269 e. The maximum atomic E-state index is 12.7. The van der Waals surface area contributed by atoms with Gasteiger partial charge in [0, 0.05) is 46.5 Å². The molecule has 8 heteroatoms. The van der Waals surface area contributed by atoms with Crippen LogP contribution in [0.4, 0.5) is 17.1 Å². The van der Waals surface area contributed by atoms with Gasteiger partial charge in [-0.1, -0.05) is 24.3 Å². The van der Waals surface area contributed by atoms with Crippen LogP contribution in [0, 0.1) is 10.1 Å². The first-order chi connectivity index (χ1) is 16.5. The molecule has 0 bridgehead atoms. The summed E-state index contributed by atoms with van der Waals surface area (Å²) in [7, 11) is 0. The molecule has 0 radical (unpaired) electrons. The maximum absolute atomic E-state index is 12.7. The number of non-ortho nitro benzene ring substituents is 1. The minimum atomic E-state index is -0.512. The lowest BCUT2D eigenvalue weighted by Gasteiger charge is -2.11. The number of carbonyl (C=O) groups excluding carboxylic acids is 2. The number of carbonyl (C=O) groups is 2. The van der Waals surface area contributed by atoms with Gasteiger partial charge in [-0.2, -0.15) is 0 Å². The number of aromatic amines is 1. The summed E-state index contributed by atoms with van der Waals surface area (Å²) in [5.41, 5.74) is 5.34. The third-order valence-corrected chi connectivity index (χ3v) is 5.52. The fourth-order valence-corrected chi connectivity index (χ4v) is 3.92. The van der Waals surface area contributed by atoms with Crippen LogP contribution in [0.5, 0.6) is 0 Å². The minimum Gasteiger partial charge on any atom is -0.362 e. The van der Waals surface area contributed by atoms with Crippen LogP contribution in [0.2, 0.25) is 0 Å². The van der Waals surface area contributed by atoms with E-state index in [-0.39, 0.29) is 17.5 Å². The topological polar surface area (TPSA) is 117 Å². The van der Waals surface area contributed by atoms with Crippen molar-refractivity contribution >= 4 is 40.5 Å². The van der Waals surface area contributed by atoms with Crippen molar-refractivity contribution in [3.63, 3.8) is 0 Å². The van der Waals surface area contributed by atoms with Gasteiger partial charge in [-0.15, -0.1) is 0 Å². The van der Waals surface area contributed by atoms with Gasteiger partial charge in [0.05, 0.1) is 10.5 Å². The highest BCUT2D eigenvalue weighted by atomic mass is 16.6. The molecule has 2 heterocycles. The standard InChI is InChI=1S/C26H18N4O4/c31-25(16-9-11-20(12-10-16)30(33)34)28-19-5-1-4-17(14-19)21-7-2-8-23-24(21)22(26(32)29-23)15-18-6-3-13-27-18/h1-15,27H,(H,28,31)(H,29,32). The third kappa shape index (κ3) is 3.95. The van der Waals surface area contributed by atoms with E-state index in [0.717, 1.165) is 28.1 Å². The largest absolute Gasteiger partial charge is 0.362 e. The normalized spacial score (nSPS) is 13.4. The van der Waals surface area contributed by atoms with E-state index in [4.69, 9.17) is 0 Å². The molecule has 0 fully saturated rings. The zero-order chi connectivity index (χ0) is 23.7. The highest BCUT2D eigenvalue weighted by Gasteiger charge is 2.27. The predicted molar refractivity (Wildman–Crippen MR) is 130 cm³/mol. The van der Waals surface area contributed by atoms with Gasteiger partial charge in [-0.25, -0.2) is 0 Å². The molecular formula is C26H18N4O4. The number of anilines is 2. The fraction of sp³-hybridized carbons (Fsp3) is 0. The van der Waals surface area contributed by atoms with Crippen molar-refractivity contribution in [1.29, 1.82) is 0 Å². The van der Waals surface area contributed by atoms with Crippen LogP contribution in [0.1, 0.15) is 21.6 Å². The Morgan fingerprint density at radius 3 is 2.50 bits per heavy atom. The van der Waals surface area contributed by atoms with Gasteiger partial charge in [-0.05, 0) is 59.7 Å². The second-order valence-corrected chi connectivity index (χ2v) is 7.70. The quantitative estimate of drug-likeness (QED) is 0.216. The molecule has 0 atom stereocenters. The van der Waals surface area contributed by atoms with Gasteiger partial charge in [0.1, 0.15) is 0 Å². The lowest BCUT2D eigenvalue weighted by Crippen LogP contribution is -2.11. The molecule has 8 nitrogen and oxygen atoms in total. The summed E-state index contributed by atoms with van der Waals surface area (Å²) in [5, 5.41) is 16.6. The Labute approximate surface area is 194 Å². The third-order valence-electron chi connectivity index (χ3n) is 5.52. The van der Waals surface area contributed by atoms with Gasteiger partial charge in [-0.3, -0.25) is 19.7 Å². The minimum absolute atomic E-state index is 0.0807. The first-order valence-corrected chi connectivity index (χ1v) is 10.5. The zero-order valence-electron chi connectivity index (χ0n) is 17.7. The molecule has 2 amide bonds. The van der Waals surface area contributed by atoms with E-state index in [0.29, 0.717) is 16.8 Å². The number of H-pyrrole nitrogens is 1. The number of hydrogen-bond acceptors (Lipinski definition) is 4. The van der Waals surface area contributed by atoms with Gasteiger partial charge in [0.15, 0.2) is 0 Å². The summed E-state index contributed by atoms with van der Waals surface area (Å²) in [6.45, 7) is 0. The van der Waals surface area contributed by atoms with E-state index in [1.54, 1.807) is 12.3 Å². The molecule has 1 aromatic heterocycles. The molecule has 0 aliphatic carbocycles. The summed E-state index contributed by atoms with van der Waals surface area (Å²) >= 11 is 0. The first-order valence-electron chi connectivity index (χ1n) is 10.5. The van der Waals surface area contributed by atoms with Crippen molar-refractivity contribution < 1.29 is 14.5 Å². The number of nitro groups is 1. The lowest BCUT2D eigenvalue weighted by molar-refractivity contribution is -0.384. The molecule has 4 aromatic rings. The molecular weight excluding hydrogens is 432 g/mol. The van der Waals surface area contributed by atoms with Crippen LogP contribution >= 0.6 is 0 Å². The SMILES string of the molecule is O=C1Nc2cccc(-c3cccc(NC(=O)c4ccc([N+](=O)[O-])cc4)c3)c2C1=Cc1ccc[nH]1. The number of amides is 2. The Morgan fingerprint density at radius 1 is 0.971 bits per heavy atom. The molecule has 166 valence electrons. The van der Waals surface area contributed by atoms with E-state index < -0.39 is 4.92 Å². The van der Waals surface area contributed by atoms with Crippen molar-refractivity contribution in [2.45, 2.75) is 0 Å². The van der Waals surface area contributed by atoms with E-state index in [1.165, 1.54) is 24.3 Å². The Morgan fingerprint density at radius 2 is 1.76 bits per heavy atom. The number of nitrogens with zero attached hydrogens (tertiary/aromatic N) is 1. The van der Waals surface area contributed by atoms with Gasteiger partial charge >= 0.3 is 0 Å². The maximum Gasteiger partial charge on any atom is 0.269 e. The van der Waals surface area contributed by atoms with E-state index in [2.05, 4.69) is 15.6 Å². The molecule has 0 saturated heterocycles. The van der Waals surface area contributed by atoms with Crippen molar-refractivity contribution in [2.75, 3.05) is 10.6 Å². The van der Waals surface area contributed by atoms with Gasteiger partial charge in [0.25, 0.3) is 17.5 Å². The molecule has 0 saturated carbocycles. The number of nitrogens with one attached hydrogen (secondary N) is 3. The molecule has 1 aliphatic heterocycles. The molecule has 1 aliphatic rings. The second kappa shape index (κ2) is 8.51. The van der Waals surface area contributed by atoms with Crippen LogP contribution in [-0.4, -0.2) is 21.7 Å². The lowest BCUT2D eigenvalue weighted by atomic mass is 9.94. The first kappa shape index (κ1) is 20.9. The summed E-state index contributed by atoms with van der Waals surface area (Å²) in [4.78, 5) is 38.7. The molecule has 0 unspecified atom stereocenters. The fourth-order valence-electron chi connectivity index (χ4n) is 3.92. The number of nitro benzene ring substituents is 1. The Kier molecular flexibility index (Phi) is 5.23. The van der Waals surface area contributed by atoms with E-state index in [9.17, 15) is 19.7 Å². The van der Waals surface area contributed by atoms with Crippen LogP contribution in [0.15, 0.2) is 85.1 Å². The molecule has 0 spiro atoms. The average Bonchev–Trinajstić information content (AvgIpc) is 3.47. The number of benzene rings is 3. The number of fused-ring (bicyclic) bond motifs is 1. The van der Waals surface area contributed by atoms with Gasteiger partial charge < -0.3 is 15.6 Å². The summed E-state index contributed by atoms with van der Waals surface area (Å²) < 4.78 is 0. The highest BCUT2D eigenvalue weighted by molar-refractivity contribution is 6.36. The number of hydrogen-bond donors (Lipinski definition) is 3. The molecule has 34 heavy (non-hydrogen) atoms. The van der Waals surface area contributed by atoms with Crippen molar-refractivity contribution in [3.8, 4) is 11.1 Å². The average molecular weight is 450 g/mol. The summed E-state index contributed by atoms with van der Waals surface area (Å²) in [5.74, 6) is -0.561. The van der Waals surface area contributed by atoms with Crippen LogP contribution in [0.3, 0.4) is 0 Å². The van der Waals surface area contributed by atoms with Gasteiger partial charge in [0.2, 0.25) is 0 Å². The molecule has 5 rings (SSSR count). The second-order valence-electron chi connectivity index (χ2n) is 7.70. The Balaban J connectivity index is 1.47. The van der Waals surface area contributed by atoms with Crippen LogP contribution in [-0.2, 0) is 4.79 Å². The number of rotatable bonds is 5. The predicted octanol–water partition coefficient (Wildman–Crippen LogP) is 5.33. The summed E-state index contributed by atoms with van der Waals surface area (Å²) in [6, 6.07) is 22.1.